The van der Waals surface area contributed by atoms with Crippen molar-refractivity contribution in [2.24, 2.45) is 5.41 Å². The Morgan fingerprint density at radius 3 is 2.36 bits per heavy atom. The number of benzene rings is 2. The second kappa shape index (κ2) is 8.20. The third-order valence-corrected chi connectivity index (χ3v) is 4.44. The van der Waals surface area contributed by atoms with Crippen molar-refractivity contribution < 1.29 is 13.9 Å². The lowest BCUT2D eigenvalue weighted by Gasteiger charge is -2.32. The SMILES string of the molecule is CCO[C@@H](c1cc(CCl)ccc1-c1cc(OC)ccc1F)C(C)(C)C. The second-order valence-electron chi connectivity index (χ2n) is 7.10. The Hall–Kier alpha value is -1.58. The molecule has 1 atom stereocenters. The van der Waals surface area contributed by atoms with E-state index in [1.54, 1.807) is 19.2 Å². The highest BCUT2D eigenvalue weighted by Gasteiger charge is 2.30. The minimum absolute atomic E-state index is 0.148. The van der Waals surface area contributed by atoms with Gasteiger partial charge in [-0.25, -0.2) is 4.39 Å². The molecule has 0 N–H and O–H groups in total. The van der Waals surface area contributed by atoms with Crippen LogP contribution in [0.1, 0.15) is 44.9 Å². The molecule has 0 heterocycles. The molecule has 2 rings (SSSR count). The van der Waals surface area contributed by atoms with Crippen molar-refractivity contribution in [3.8, 4) is 16.9 Å². The van der Waals surface area contributed by atoms with Crippen molar-refractivity contribution >= 4 is 11.6 Å². The van der Waals surface area contributed by atoms with Crippen LogP contribution in [0.3, 0.4) is 0 Å². The average molecular weight is 365 g/mol. The van der Waals surface area contributed by atoms with Gasteiger partial charge < -0.3 is 9.47 Å². The molecule has 136 valence electrons. The number of hydrogen-bond acceptors (Lipinski definition) is 2. The fraction of sp³-hybridized carbons (Fsp3) is 0.429. The van der Waals surface area contributed by atoms with Crippen LogP contribution in [-0.4, -0.2) is 13.7 Å². The van der Waals surface area contributed by atoms with Gasteiger partial charge >= 0.3 is 0 Å². The molecule has 2 aromatic rings. The molecular formula is C21H26ClFO2. The third kappa shape index (κ3) is 4.53. The van der Waals surface area contributed by atoms with Crippen LogP contribution >= 0.6 is 11.6 Å². The largest absolute Gasteiger partial charge is 0.497 e. The molecule has 0 saturated carbocycles. The first-order chi connectivity index (χ1) is 11.8. The molecule has 0 aliphatic carbocycles. The molecule has 0 fully saturated rings. The van der Waals surface area contributed by atoms with Crippen LogP contribution in [0, 0.1) is 11.2 Å². The minimum Gasteiger partial charge on any atom is -0.497 e. The molecule has 2 aromatic carbocycles. The zero-order chi connectivity index (χ0) is 18.6. The summed E-state index contributed by atoms with van der Waals surface area (Å²) < 4.78 is 25.9. The Kier molecular flexibility index (Phi) is 6.47. The summed E-state index contributed by atoms with van der Waals surface area (Å²) in [5, 5.41) is 0. The van der Waals surface area contributed by atoms with Gasteiger partial charge in [0.2, 0.25) is 0 Å². The highest BCUT2D eigenvalue weighted by Crippen LogP contribution is 2.42. The first kappa shape index (κ1) is 19.7. The Morgan fingerprint density at radius 1 is 1.08 bits per heavy atom. The van der Waals surface area contributed by atoms with E-state index < -0.39 is 0 Å². The summed E-state index contributed by atoms with van der Waals surface area (Å²) >= 11 is 6.04. The smallest absolute Gasteiger partial charge is 0.131 e. The molecule has 0 spiro atoms. The van der Waals surface area contributed by atoms with Crippen LogP contribution in [0.25, 0.3) is 11.1 Å². The Bertz CT molecular complexity index is 722. The predicted octanol–water partition coefficient (Wildman–Crippen LogP) is 6.36. The van der Waals surface area contributed by atoms with Gasteiger partial charge in [-0.05, 0) is 47.2 Å². The third-order valence-electron chi connectivity index (χ3n) is 4.14. The minimum atomic E-state index is -0.287. The summed E-state index contributed by atoms with van der Waals surface area (Å²) in [6.45, 7) is 8.90. The molecule has 2 nitrogen and oxygen atoms in total. The summed E-state index contributed by atoms with van der Waals surface area (Å²) in [6, 6.07) is 10.6. The molecule has 0 amide bonds. The highest BCUT2D eigenvalue weighted by molar-refractivity contribution is 6.17. The number of alkyl halides is 1. The maximum atomic E-state index is 14.6. The van der Waals surface area contributed by atoms with Crippen molar-refractivity contribution in [2.45, 2.75) is 39.7 Å². The van der Waals surface area contributed by atoms with Crippen molar-refractivity contribution in [1.82, 2.24) is 0 Å². The topological polar surface area (TPSA) is 18.5 Å². The van der Waals surface area contributed by atoms with E-state index in [9.17, 15) is 4.39 Å². The number of methoxy groups -OCH3 is 1. The van der Waals surface area contributed by atoms with Gasteiger partial charge in [0.1, 0.15) is 11.6 Å². The summed E-state index contributed by atoms with van der Waals surface area (Å²) in [4.78, 5) is 0. The van der Waals surface area contributed by atoms with Gasteiger partial charge in [0, 0.05) is 18.1 Å². The van der Waals surface area contributed by atoms with Crippen molar-refractivity contribution in [3.63, 3.8) is 0 Å². The Morgan fingerprint density at radius 2 is 1.80 bits per heavy atom. The van der Waals surface area contributed by atoms with Gasteiger partial charge in [0.05, 0.1) is 13.2 Å². The van der Waals surface area contributed by atoms with Gasteiger partial charge in [-0.1, -0.05) is 39.0 Å². The van der Waals surface area contributed by atoms with E-state index in [1.807, 2.05) is 25.1 Å². The number of halogens is 2. The Balaban J connectivity index is 2.70. The molecule has 4 heteroatoms. The quantitative estimate of drug-likeness (QED) is 0.555. The second-order valence-corrected chi connectivity index (χ2v) is 7.37. The van der Waals surface area contributed by atoms with Crippen molar-refractivity contribution in [2.75, 3.05) is 13.7 Å². The predicted molar refractivity (Wildman–Crippen MR) is 102 cm³/mol. The number of ether oxygens (including phenoxy) is 2. The van der Waals surface area contributed by atoms with Gasteiger partial charge in [-0.15, -0.1) is 11.6 Å². The van der Waals surface area contributed by atoms with Crippen LogP contribution in [0.15, 0.2) is 36.4 Å². The summed E-state index contributed by atoms with van der Waals surface area (Å²) in [5.74, 6) is 0.731. The van der Waals surface area contributed by atoms with Crippen LogP contribution in [0.2, 0.25) is 0 Å². The molecule has 0 unspecified atom stereocenters. The lowest BCUT2D eigenvalue weighted by atomic mass is 9.81. The maximum absolute atomic E-state index is 14.6. The average Bonchev–Trinajstić information content (AvgIpc) is 2.58. The van der Waals surface area contributed by atoms with E-state index >= 15 is 0 Å². The van der Waals surface area contributed by atoms with Crippen LogP contribution in [0.5, 0.6) is 5.75 Å². The zero-order valence-electron chi connectivity index (χ0n) is 15.5. The summed E-state index contributed by atoms with van der Waals surface area (Å²) in [6.07, 6.45) is -0.179. The first-order valence-electron chi connectivity index (χ1n) is 8.46. The van der Waals surface area contributed by atoms with E-state index in [0.29, 0.717) is 23.8 Å². The standard InChI is InChI=1S/C21H26ClFO2/c1-6-25-20(21(2,3)4)18-11-14(13-22)7-9-16(18)17-12-15(24-5)8-10-19(17)23/h7-12,20H,6,13H2,1-5H3/t20-/m0/s1. The molecule has 0 aliphatic heterocycles. The molecule has 0 bridgehead atoms. The van der Waals surface area contributed by atoms with Gasteiger partial charge in [0.25, 0.3) is 0 Å². The zero-order valence-corrected chi connectivity index (χ0v) is 16.3. The molecule has 0 radical (unpaired) electrons. The summed E-state index contributed by atoms with van der Waals surface area (Å²) in [5.41, 5.74) is 3.09. The molecule has 25 heavy (non-hydrogen) atoms. The fourth-order valence-electron chi connectivity index (χ4n) is 2.97. The molecule has 0 aromatic heterocycles. The van der Waals surface area contributed by atoms with Gasteiger partial charge in [0.15, 0.2) is 0 Å². The van der Waals surface area contributed by atoms with Gasteiger partial charge in [-0.2, -0.15) is 0 Å². The van der Waals surface area contributed by atoms with Crippen LogP contribution in [0.4, 0.5) is 4.39 Å². The normalized spacial score (nSPS) is 12.9. The van der Waals surface area contributed by atoms with E-state index in [-0.39, 0.29) is 17.3 Å². The molecule has 0 aliphatic rings. The number of hydrogen-bond donors (Lipinski definition) is 0. The molecule has 0 saturated heterocycles. The Labute approximate surface area is 154 Å². The lowest BCUT2D eigenvalue weighted by Crippen LogP contribution is -2.22. The maximum Gasteiger partial charge on any atom is 0.131 e. The van der Waals surface area contributed by atoms with E-state index in [2.05, 4.69) is 20.8 Å². The first-order valence-corrected chi connectivity index (χ1v) is 8.99. The van der Waals surface area contributed by atoms with Crippen LogP contribution < -0.4 is 4.74 Å². The highest BCUT2D eigenvalue weighted by atomic mass is 35.5. The van der Waals surface area contributed by atoms with E-state index in [0.717, 1.165) is 16.7 Å². The van der Waals surface area contributed by atoms with E-state index in [4.69, 9.17) is 21.1 Å². The monoisotopic (exact) mass is 364 g/mol. The fourth-order valence-corrected chi connectivity index (χ4v) is 3.13. The number of rotatable bonds is 6. The van der Waals surface area contributed by atoms with Crippen molar-refractivity contribution in [1.29, 1.82) is 0 Å². The van der Waals surface area contributed by atoms with E-state index in [1.165, 1.54) is 6.07 Å². The van der Waals surface area contributed by atoms with Gasteiger partial charge in [-0.3, -0.25) is 0 Å². The van der Waals surface area contributed by atoms with Crippen LogP contribution in [-0.2, 0) is 10.6 Å². The molecular weight excluding hydrogens is 339 g/mol. The lowest BCUT2D eigenvalue weighted by molar-refractivity contribution is -0.0129. The van der Waals surface area contributed by atoms with Crippen molar-refractivity contribution in [3.05, 3.63) is 53.3 Å². The summed E-state index contributed by atoms with van der Waals surface area (Å²) in [7, 11) is 1.58.